The van der Waals surface area contributed by atoms with E-state index in [4.69, 9.17) is 4.74 Å². The molecule has 0 aliphatic carbocycles. The zero-order valence-corrected chi connectivity index (χ0v) is 15.7. The second-order valence-electron chi connectivity index (χ2n) is 5.97. The Balaban J connectivity index is 2.47. The van der Waals surface area contributed by atoms with Crippen LogP contribution in [0.15, 0.2) is 59.5 Å². The van der Waals surface area contributed by atoms with E-state index < -0.39 is 35.1 Å². The van der Waals surface area contributed by atoms with Gasteiger partial charge in [0.1, 0.15) is 11.0 Å². The van der Waals surface area contributed by atoms with Gasteiger partial charge in [-0.2, -0.15) is 13.2 Å². The van der Waals surface area contributed by atoms with Crippen LogP contribution in [0.5, 0.6) is 0 Å². The third kappa shape index (κ3) is 4.95. The summed E-state index contributed by atoms with van der Waals surface area (Å²) >= 11 is 0. The Morgan fingerprint density at radius 1 is 1.07 bits per heavy atom. The molecule has 0 radical (unpaired) electrons. The fourth-order valence-corrected chi connectivity index (χ4v) is 3.55. The maximum absolute atomic E-state index is 14.1. The maximum atomic E-state index is 14.1. The molecule has 0 fully saturated rings. The van der Waals surface area contributed by atoms with Gasteiger partial charge in [0, 0.05) is 6.42 Å². The Labute approximate surface area is 158 Å². The summed E-state index contributed by atoms with van der Waals surface area (Å²) < 4.78 is 61.6. The van der Waals surface area contributed by atoms with Gasteiger partial charge < -0.3 is 4.74 Å². The van der Waals surface area contributed by atoms with Crippen LogP contribution in [0.3, 0.4) is 0 Å². The minimum absolute atomic E-state index is 0.131. The minimum atomic E-state index is -5.03. The van der Waals surface area contributed by atoms with Crippen molar-refractivity contribution in [3.8, 4) is 0 Å². The van der Waals surface area contributed by atoms with Crippen LogP contribution in [0.2, 0.25) is 0 Å². The van der Waals surface area contributed by atoms with E-state index in [0.717, 1.165) is 5.56 Å². The molecular formula is C19H20F3NO3S. The summed E-state index contributed by atoms with van der Waals surface area (Å²) in [6.07, 6.45) is -5.77. The lowest BCUT2D eigenvalue weighted by Gasteiger charge is -2.33. The highest BCUT2D eigenvalue weighted by Gasteiger charge is 2.62. The molecule has 146 valence electrons. The predicted molar refractivity (Wildman–Crippen MR) is 96.3 cm³/mol. The highest BCUT2D eigenvalue weighted by Crippen LogP contribution is 2.35. The Morgan fingerprint density at radius 2 is 1.67 bits per heavy atom. The lowest BCUT2D eigenvalue weighted by molar-refractivity contribution is -0.208. The first-order valence-electron chi connectivity index (χ1n) is 8.24. The topological polar surface area (TPSA) is 55.4 Å². The molecule has 8 heteroatoms. The van der Waals surface area contributed by atoms with Crippen molar-refractivity contribution in [1.82, 2.24) is 4.72 Å². The SMILES string of the molecule is CCOC(=O)[C@@](Cc1ccccc1)(NS(=O)c1ccc(C)cc1)C(F)(F)F. The van der Waals surface area contributed by atoms with E-state index in [0.29, 0.717) is 0 Å². The molecule has 2 rings (SSSR count). The molecule has 0 saturated carbocycles. The summed E-state index contributed by atoms with van der Waals surface area (Å²) in [4.78, 5) is 12.5. The number of alkyl halides is 3. The molecule has 0 saturated heterocycles. The van der Waals surface area contributed by atoms with Crippen molar-refractivity contribution >= 4 is 17.0 Å². The van der Waals surface area contributed by atoms with Gasteiger partial charge >= 0.3 is 12.1 Å². The molecule has 4 nitrogen and oxygen atoms in total. The molecule has 27 heavy (non-hydrogen) atoms. The van der Waals surface area contributed by atoms with Gasteiger partial charge in [0.05, 0.1) is 11.5 Å². The predicted octanol–water partition coefficient (Wildman–Crippen LogP) is 3.71. The third-order valence-corrected chi connectivity index (χ3v) is 5.16. The fraction of sp³-hybridized carbons (Fsp3) is 0.316. The number of esters is 1. The van der Waals surface area contributed by atoms with E-state index in [2.05, 4.69) is 0 Å². The van der Waals surface area contributed by atoms with Gasteiger partial charge in [-0.25, -0.2) is 13.7 Å². The van der Waals surface area contributed by atoms with Crippen molar-refractivity contribution in [2.24, 2.45) is 0 Å². The second kappa shape index (κ2) is 8.67. The van der Waals surface area contributed by atoms with Crippen molar-refractivity contribution in [2.75, 3.05) is 6.61 Å². The van der Waals surface area contributed by atoms with Crippen LogP contribution in [-0.4, -0.2) is 28.5 Å². The summed E-state index contributed by atoms with van der Waals surface area (Å²) in [5, 5.41) is 0. The van der Waals surface area contributed by atoms with Crippen LogP contribution in [0, 0.1) is 6.92 Å². The highest BCUT2D eigenvalue weighted by atomic mass is 32.2. The summed E-state index contributed by atoms with van der Waals surface area (Å²) in [6.45, 7) is 2.98. The van der Waals surface area contributed by atoms with Crippen molar-refractivity contribution in [2.45, 2.75) is 36.9 Å². The zero-order chi connectivity index (χ0) is 20.1. The molecule has 2 aromatic rings. The number of hydrogen-bond donors (Lipinski definition) is 1. The molecule has 2 aromatic carbocycles. The van der Waals surface area contributed by atoms with E-state index in [1.807, 2.05) is 4.72 Å². The number of hydrogen-bond acceptors (Lipinski definition) is 3. The fourth-order valence-electron chi connectivity index (χ4n) is 2.46. The summed E-state index contributed by atoms with van der Waals surface area (Å²) in [6, 6.07) is 13.9. The number of halogens is 3. The largest absolute Gasteiger partial charge is 0.464 e. The Bertz CT molecular complexity index is 794. The standard InChI is InChI=1S/C19H20F3NO3S/c1-3-26-17(24)18(19(20,21)22,13-15-7-5-4-6-8-15)23-27(25)16-11-9-14(2)10-12-16/h4-12,23H,3,13H2,1-2H3/t18-,27?/m1/s1. The van der Waals surface area contributed by atoms with Crippen LogP contribution in [0.1, 0.15) is 18.1 Å². The lowest BCUT2D eigenvalue weighted by Crippen LogP contribution is -2.64. The van der Waals surface area contributed by atoms with Gasteiger partial charge in [0.15, 0.2) is 0 Å². The Morgan fingerprint density at radius 3 is 2.19 bits per heavy atom. The van der Waals surface area contributed by atoms with Crippen molar-refractivity contribution in [1.29, 1.82) is 0 Å². The van der Waals surface area contributed by atoms with Gasteiger partial charge in [-0.3, -0.25) is 0 Å². The van der Waals surface area contributed by atoms with Gasteiger partial charge in [-0.05, 0) is 31.5 Å². The third-order valence-electron chi connectivity index (χ3n) is 3.92. The minimum Gasteiger partial charge on any atom is -0.464 e. The molecule has 0 spiro atoms. The van der Waals surface area contributed by atoms with Crippen molar-refractivity contribution in [3.63, 3.8) is 0 Å². The smallest absolute Gasteiger partial charge is 0.418 e. The van der Waals surface area contributed by atoms with E-state index in [1.54, 1.807) is 37.3 Å². The Hall–Kier alpha value is -2.19. The average molecular weight is 399 g/mol. The van der Waals surface area contributed by atoms with Gasteiger partial charge in [-0.15, -0.1) is 0 Å². The number of aryl methyl sites for hydroxylation is 1. The monoisotopic (exact) mass is 399 g/mol. The van der Waals surface area contributed by atoms with Crippen LogP contribution in [-0.2, 0) is 26.9 Å². The molecule has 1 N–H and O–H groups in total. The lowest BCUT2D eigenvalue weighted by atomic mass is 9.91. The second-order valence-corrected chi connectivity index (χ2v) is 7.18. The Kier molecular flexibility index (Phi) is 6.78. The van der Waals surface area contributed by atoms with E-state index in [1.165, 1.54) is 31.2 Å². The number of carbonyl (C=O) groups excluding carboxylic acids is 1. The van der Waals surface area contributed by atoms with Gasteiger partial charge in [0.2, 0.25) is 5.54 Å². The van der Waals surface area contributed by atoms with Crippen LogP contribution >= 0.6 is 0 Å². The van der Waals surface area contributed by atoms with E-state index >= 15 is 0 Å². The first kappa shape index (κ1) is 21.1. The summed E-state index contributed by atoms with van der Waals surface area (Å²) in [5.41, 5.74) is -2.01. The van der Waals surface area contributed by atoms with Crippen molar-refractivity contribution < 1.29 is 26.9 Å². The molecule has 2 atom stereocenters. The van der Waals surface area contributed by atoms with Crippen LogP contribution in [0.4, 0.5) is 13.2 Å². The average Bonchev–Trinajstić information content (AvgIpc) is 2.61. The summed E-state index contributed by atoms with van der Waals surface area (Å²) in [5.74, 6) is -1.51. The zero-order valence-electron chi connectivity index (χ0n) is 14.9. The van der Waals surface area contributed by atoms with Crippen LogP contribution < -0.4 is 4.72 Å². The first-order valence-corrected chi connectivity index (χ1v) is 9.38. The first-order chi connectivity index (χ1) is 12.7. The highest BCUT2D eigenvalue weighted by molar-refractivity contribution is 7.83. The van der Waals surface area contributed by atoms with Gasteiger partial charge in [0.25, 0.3) is 0 Å². The number of ether oxygens (including phenoxy) is 1. The quantitative estimate of drug-likeness (QED) is 0.722. The molecule has 0 aromatic heterocycles. The number of benzene rings is 2. The maximum Gasteiger partial charge on any atom is 0.418 e. The number of carbonyl (C=O) groups is 1. The molecule has 0 aliphatic rings. The van der Waals surface area contributed by atoms with Crippen LogP contribution in [0.25, 0.3) is 0 Å². The van der Waals surface area contributed by atoms with E-state index in [-0.39, 0.29) is 17.1 Å². The van der Waals surface area contributed by atoms with E-state index in [9.17, 15) is 22.2 Å². The molecule has 0 heterocycles. The normalized spacial score (nSPS) is 15.0. The molecular weight excluding hydrogens is 379 g/mol. The summed E-state index contributed by atoms with van der Waals surface area (Å²) in [7, 11) is -2.28. The molecule has 0 amide bonds. The number of rotatable bonds is 7. The molecule has 0 aliphatic heterocycles. The van der Waals surface area contributed by atoms with Gasteiger partial charge in [-0.1, -0.05) is 48.0 Å². The molecule has 1 unspecified atom stereocenters. The van der Waals surface area contributed by atoms with Crippen molar-refractivity contribution in [3.05, 3.63) is 65.7 Å². The number of nitrogens with one attached hydrogen (secondary N) is 1. The molecule has 0 bridgehead atoms.